The molecule has 1 aromatic carbocycles. The van der Waals surface area contributed by atoms with Gasteiger partial charge in [0.15, 0.2) is 0 Å². The molecule has 1 saturated carbocycles. The Morgan fingerprint density at radius 1 is 1.37 bits per heavy atom. The van der Waals surface area contributed by atoms with Gasteiger partial charge in [-0.3, -0.25) is 9.59 Å². The fourth-order valence-electron chi connectivity index (χ4n) is 2.75. The van der Waals surface area contributed by atoms with Crippen molar-refractivity contribution >= 4 is 11.9 Å². The van der Waals surface area contributed by atoms with Gasteiger partial charge in [-0.05, 0) is 37.2 Å². The van der Waals surface area contributed by atoms with Crippen molar-refractivity contribution in [1.29, 1.82) is 0 Å². The van der Waals surface area contributed by atoms with Crippen molar-refractivity contribution < 1.29 is 19.8 Å². The smallest absolute Gasteiger partial charge is 0.306 e. The summed E-state index contributed by atoms with van der Waals surface area (Å²) in [5, 5.41) is 17.9. The van der Waals surface area contributed by atoms with Crippen LogP contribution in [0.25, 0.3) is 0 Å². The first-order chi connectivity index (χ1) is 8.99. The standard InChI is InChI=1S/C15H18O4/c1-9-3-2-4-10(7-9)11(5-6-14(16)17)12-8-13(12)15(18)19/h2-4,7,11-13H,5-6,8H2,1H3,(H,16,17)(H,18,19). The number of aliphatic carboxylic acids is 2. The summed E-state index contributed by atoms with van der Waals surface area (Å²) >= 11 is 0. The van der Waals surface area contributed by atoms with Crippen LogP contribution < -0.4 is 0 Å². The van der Waals surface area contributed by atoms with Gasteiger partial charge in [0.25, 0.3) is 0 Å². The molecule has 19 heavy (non-hydrogen) atoms. The first kappa shape index (κ1) is 13.6. The van der Waals surface area contributed by atoms with Crippen molar-refractivity contribution in [3.63, 3.8) is 0 Å². The van der Waals surface area contributed by atoms with Crippen LogP contribution in [0.2, 0.25) is 0 Å². The van der Waals surface area contributed by atoms with E-state index in [2.05, 4.69) is 0 Å². The average Bonchev–Trinajstić information content (AvgIpc) is 3.09. The van der Waals surface area contributed by atoms with E-state index in [4.69, 9.17) is 10.2 Å². The molecule has 0 saturated heterocycles. The molecule has 2 N–H and O–H groups in total. The van der Waals surface area contributed by atoms with Crippen molar-refractivity contribution in [3.8, 4) is 0 Å². The van der Waals surface area contributed by atoms with Gasteiger partial charge in [-0.15, -0.1) is 0 Å². The first-order valence-corrected chi connectivity index (χ1v) is 6.50. The van der Waals surface area contributed by atoms with Gasteiger partial charge in [0, 0.05) is 6.42 Å². The highest BCUT2D eigenvalue weighted by molar-refractivity contribution is 5.74. The number of carboxylic acids is 2. The summed E-state index contributed by atoms with van der Waals surface area (Å²) in [6.45, 7) is 1.99. The Hall–Kier alpha value is -1.84. The maximum atomic E-state index is 11.0. The van der Waals surface area contributed by atoms with Gasteiger partial charge in [-0.25, -0.2) is 0 Å². The third-order valence-electron chi connectivity index (χ3n) is 3.81. The molecule has 0 heterocycles. The summed E-state index contributed by atoms with van der Waals surface area (Å²) in [5.41, 5.74) is 2.18. The van der Waals surface area contributed by atoms with Crippen LogP contribution in [0, 0.1) is 18.8 Å². The first-order valence-electron chi connectivity index (χ1n) is 6.50. The second-order valence-corrected chi connectivity index (χ2v) is 5.30. The van der Waals surface area contributed by atoms with Crippen LogP contribution >= 0.6 is 0 Å². The minimum atomic E-state index is -0.829. The Kier molecular flexibility index (Phi) is 3.88. The molecular formula is C15H18O4. The van der Waals surface area contributed by atoms with Crippen LogP contribution in [0.4, 0.5) is 0 Å². The highest BCUT2D eigenvalue weighted by Gasteiger charge is 2.48. The Bertz CT molecular complexity index is 495. The maximum Gasteiger partial charge on any atom is 0.306 e. The molecule has 1 fully saturated rings. The zero-order chi connectivity index (χ0) is 14.0. The molecule has 0 bridgehead atoms. The van der Waals surface area contributed by atoms with Crippen molar-refractivity contribution in [2.45, 2.75) is 32.1 Å². The molecule has 1 aliphatic carbocycles. The van der Waals surface area contributed by atoms with Gasteiger partial charge in [0.05, 0.1) is 5.92 Å². The Morgan fingerprint density at radius 3 is 2.63 bits per heavy atom. The van der Waals surface area contributed by atoms with E-state index in [1.807, 2.05) is 31.2 Å². The van der Waals surface area contributed by atoms with E-state index in [1.165, 1.54) is 0 Å². The molecule has 0 aliphatic heterocycles. The Morgan fingerprint density at radius 2 is 2.11 bits per heavy atom. The van der Waals surface area contributed by atoms with E-state index >= 15 is 0 Å². The molecule has 3 unspecified atom stereocenters. The maximum absolute atomic E-state index is 11.0. The van der Waals surface area contributed by atoms with Crippen molar-refractivity contribution in [3.05, 3.63) is 35.4 Å². The summed E-state index contributed by atoms with van der Waals surface area (Å²) < 4.78 is 0. The lowest BCUT2D eigenvalue weighted by Crippen LogP contribution is -2.09. The number of hydrogen-bond donors (Lipinski definition) is 2. The van der Waals surface area contributed by atoms with Crippen LogP contribution in [0.3, 0.4) is 0 Å². The third kappa shape index (κ3) is 3.34. The fraction of sp³-hybridized carbons (Fsp3) is 0.467. The summed E-state index contributed by atoms with van der Waals surface area (Å²) in [6, 6.07) is 7.93. The van der Waals surface area contributed by atoms with Crippen molar-refractivity contribution in [2.75, 3.05) is 0 Å². The zero-order valence-corrected chi connectivity index (χ0v) is 10.9. The number of carboxylic acid groups (broad SMARTS) is 2. The average molecular weight is 262 g/mol. The number of aryl methyl sites for hydroxylation is 1. The van der Waals surface area contributed by atoms with E-state index in [9.17, 15) is 9.59 Å². The van der Waals surface area contributed by atoms with Gasteiger partial charge in [0.2, 0.25) is 0 Å². The molecule has 0 amide bonds. The number of benzene rings is 1. The van der Waals surface area contributed by atoms with Crippen LogP contribution in [0.5, 0.6) is 0 Å². The third-order valence-corrected chi connectivity index (χ3v) is 3.81. The lowest BCUT2D eigenvalue weighted by Gasteiger charge is -2.17. The molecule has 102 valence electrons. The lowest BCUT2D eigenvalue weighted by molar-refractivity contribution is -0.139. The summed E-state index contributed by atoms with van der Waals surface area (Å²) in [7, 11) is 0. The summed E-state index contributed by atoms with van der Waals surface area (Å²) in [5.74, 6) is -1.78. The molecule has 4 nitrogen and oxygen atoms in total. The molecule has 2 rings (SSSR count). The monoisotopic (exact) mass is 262 g/mol. The quantitative estimate of drug-likeness (QED) is 0.826. The van der Waals surface area contributed by atoms with Gasteiger partial charge in [-0.2, -0.15) is 0 Å². The molecule has 1 aliphatic rings. The van der Waals surface area contributed by atoms with Crippen LogP contribution in [-0.2, 0) is 9.59 Å². The van der Waals surface area contributed by atoms with E-state index in [-0.39, 0.29) is 24.2 Å². The molecule has 0 spiro atoms. The lowest BCUT2D eigenvalue weighted by atomic mass is 9.88. The topological polar surface area (TPSA) is 74.6 Å². The van der Waals surface area contributed by atoms with Gasteiger partial charge in [-0.1, -0.05) is 29.8 Å². The number of hydrogen-bond acceptors (Lipinski definition) is 2. The van der Waals surface area contributed by atoms with E-state index in [0.29, 0.717) is 12.8 Å². The summed E-state index contributed by atoms with van der Waals surface area (Å²) in [6.07, 6.45) is 1.25. The Balaban J connectivity index is 2.15. The van der Waals surface area contributed by atoms with Crippen LogP contribution in [-0.4, -0.2) is 22.2 Å². The SMILES string of the molecule is Cc1cccc(C(CCC(=O)O)C2CC2C(=O)O)c1. The van der Waals surface area contributed by atoms with Gasteiger partial charge >= 0.3 is 11.9 Å². The van der Waals surface area contributed by atoms with E-state index in [1.54, 1.807) is 0 Å². The molecule has 0 aromatic heterocycles. The van der Waals surface area contributed by atoms with Crippen molar-refractivity contribution in [1.82, 2.24) is 0 Å². The van der Waals surface area contributed by atoms with Gasteiger partial charge < -0.3 is 10.2 Å². The molecule has 3 atom stereocenters. The molecule has 1 aromatic rings. The number of rotatable bonds is 6. The Labute approximate surface area is 112 Å². The van der Waals surface area contributed by atoms with E-state index < -0.39 is 11.9 Å². The van der Waals surface area contributed by atoms with Crippen molar-refractivity contribution in [2.24, 2.45) is 11.8 Å². The normalized spacial score (nSPS) is 22.8. The molecule has 0 radical (unpaired) electrons. The van der Waals surface area contributed by atoms with Crippen LogP contribution in [0.15, 0.2) is 24.3 Å². The van der Waals surface area contributed by atoms with Gasteiger partial charge in [0.1, 0.15) is 0 Å². The minimum absolute atomic E-state index is 0.0390. The zero-order valence-electron chi connectivity index (χ0n) is 10.9. The van der Waals surface area contributed by atoms with Crippen LogP contribution in [0.1, 0.15) is 36.3 Å². The fourth-order valence-corrected chi connectivity index (χ4v) is 2.75. The minimum Gasteiger partial charge on any atom is -0.481 e. The summed E-state index contributed by atoms with van der Waals surface area (Å²) in [4.78, 5) is 21.7. The molecule has 4 heteroatoms. The predicted molar refractivity (Wildman–Crippen MR) is 70.0 cm³/mol. The highest BCUT2D eigenvalue weighted by atomic mass is 16.4. The largest absolute Gasteiger partial charge is 0.481 e. The molecular weight excluding hydrogens is 244 g/mol. The predicted octanol–water partition coefficient (Wildman–Crippen LogP) is 2.66. The highest BCUT2D eigenvalue weighted by Crippen LogP contribution is 2.50. The second kappa shape index (κ2) is 5.43. The second-order valence-electron chi connectivity index (χ2n) is 5.30. The van der Waals surface area contributed by atoms with E-state index in [0.717, 1.165) is 11.1 Å². The number of carbonyl (C=O) groups is 2.